The van der Waals surface area contributed by atoms with Gasteiger partial charge in [0.25, 0.3) is 0 Å². The molecule has 3 aromatic rings. The maximum absolute atomic E-state index is 13.8. The molecule has 1 aliphatic heterocycles. The number of nitrogens with zero attached hydrogens (tertiary/aromatic N) is 1. The number of amides is 1. The number of rotatable bonds is 5. The zero-order valence-corrected chi connectivity index (χ0v) is 15.1. The van der Waals surface area contributed by atoms with Crippen LogP contribution >= 0.6 is 0 Å². The highest BCUT2D eigenvalue weighted by Gasteiger charge is 2.17. The molecule has 0 atom stereocenters. The Morgan fingerprint density at radius 2 is 2.11 bits per heavy atom. The van der Waals surface area contributed by atoms with Crippen LogP contribution in [-0.4, -0.2) is 23.8 Å². The summed E-state index contributed by atoms with van der Waals surface area (Å²) in [6.07, 6.45) is 2.80. The minimum atomic E-state index is -0.320. The van der Waals surface area contributed by atoms with Gasteiger partial charge in [-0.2, -0.15) is 0 Å². The summed E-state index contributed by atoms with van der Waals surface area (Å²) in [5.74, 6) is 0.298. The van der Waals surface area contributed by atoms with Crippen molar-refractivity contribution in [3.05, 3.63) is 65.1 Å². The van der Waals surface area contributed by atoms with E-state index >= 15 is 0 Å². The van der Waals surface area contributed by atoms with Gasteiger partial charge in [-0.25, -0.2) is 4.39 Å². The van der Waals surface area contributed by atoms with Gasteiger partial charge in [0.2, 0.25) is 5.91 Å². The van der Waals surface area contributed by atoms with Gasteiger partial charge in [-0.15, -0.1) is 0 Å². The van der Waals surface area contributed by atoms with Crippen LogP contribution in [0.1, 0.15) is 16.7 Å². The highest BCUT2D eigenvalue weighted by molar-refractivity contribution is 5.89. The number of aromatic nitrogens is 1. The number of hydrogen-bond acceptors (Lipinski definition) is 3. The van der Waals surface area contributed by atoms with E-state index in [1.165, 1.54) is 12.1 Å². The van der Waals surface area contributed by atoms with Gasteiger partial charge >= 0.3 is 0 Å². The summed E-state index contributed by atoms with van der Waals surface area (Å²) in [7, 11) is 1.97. The molecule has 1 aliphatic rings. The smallest absolute Gasteiger partial charge is 0.224 e. The Morgan fingerprint density at radius 1 is 1.26 bits per heavy atom. The number of halogens is 1. The van der Waals surface area contributed by atoms with Crippen molar-refractivity contribution in [2.75, 3.05) is 13.3 Å². The minimum absolute atomic E-state index is 0.0547. The Hall–Kier alpha value is -2.86. The number of carbonyl (C=O) groups is 1. The number of aryl methyl sites for hydroxylation is 1. The van der Waals surface area contributed by atoms with Crippen molar-refractivity contribution in [1.82, 2.24) is 9.88 Å². The van der Waals surface area contributed by atoms with Crippen molar-refractivity contribution in [1.29, 1.82) is 0 Å². The molecule has 6 heteroatoms. The van der Waals surface area contributed by atoms with Gasteiger partial charge in [0.05, 0.1) is 13.0 Å². The Bertz CT molecular complexity index is 997. The van der Waals surface area contributed by atoms with E-state index in [0.29, 0.717) is 37.3 Å². The van der Waals surface area contributed by atoms with Gasteiger partial charge in [0.1, 0.15) is 11.6 Å². The molecule has 2 heterocycles. The van der Waals surface area contributed by atoms with Crippen LogP contribution in [0.3, 0.4) is 0 Å². The van der Waals surface area contributed by atoms with Gasteiger partial charge < -0.3 is 19.4 Å². The minimum Gasteiger partial charge on any atom is -0.467 e. The third-order valence-electron chi connectivity index (χ3n) is 4.80. The van der Waals surface area contributed by atoms with Crippen LogP contribution < -0.4 is 10.1 Å². The Kier molecular flexibility index (Phi) is 4.81. The number of nitrogens with one attached hydrogen (secondary N) is 1. The fourth-order valence-corrected chi connectivity index (χ4v) is 3.58. The Morgan fingerprint density at radius 3 is 3.00 bits per heavy atom. The molecule has 4 rings (SSSR count). The standard InChI is InChI=1S/C21H21FN2O3/c1-24-11-15(18-4-2-3-5-19(18)24)10-20(25)23-7-6-14-8-17(22)9-16-12-26-13-27-21(14)16/h2-5,8-9,11H,6-7,10,12-13H2,1H3,(H,23,25). The third-order valence-corrected chi connectivity index (χ3v) is 4.80. The fraction of sp³-hybridized carbons (Fsp3) is 0.286. The predicted molar refractivity (Wildman–Crippen MR) is 100 cm³/mol. The molecule has 1 N–H and O–H groups in total. The number of fused-ring (bicyclic) bond motifs is 2. The van der Waals surface area contributed by atoms with E-state index < -0.39 is 0 Å². The SMILES string of the molecule is Cn1cc(CC(=O)NCCc2cc(F)cc3c2OCOC3)c2ccccc21. The first kappa shape index (κ1) is 17.5. The van der Waals surface area contributed by atoms with Crippen molar-refractivity contribution >= 4 is 16.8 Å². The maximum Gasteiger partial charge on any atom is 0.224 e. The number of para-hydroxylation sites is 1. The molecule has 0 fully saturated rings. The molecule has 140 valence electrons. The number of carbonyl (C=O) groups excluding carboxylic acids is 1. The molecule has 0 saturated heterocycles. The Labute approximate surface area is 156 Å². The molecule has 0 unspecified atom stereocenters. The second-order valence-electron chi connectivity index (χ2n) is 6.72. The van der Waals surface area contributed by atoms with Gasteiger partial charge in [-0.3, -0.25) is 4.79 Å². The molecular formula is C21H21FN2O3. The summed E-state index contributed by atoms with van der Waals surface area (Å²) in [5, 5.41) is 4.01. The van der Waals surface area contributed by atoms with Gasteiger partial charge in [-0.05, 0) is 35.7 Å². The average Bonchev–Trinajstić information content (AvgIpc) is 2.97. The van der Waals surface area contributed by atoms with E-state index in [1.54, 1.807) is 0 Å². The van der Waals surface area contributed by atoms with E-state index in [-0.39, 0.29) is 18.5 Å². The van der Waals surface area contributed by atoms with Crippen LogP contribution in [0, 0.1) is 5.82 Å². The van der Waals surface area contributed by atoms with Crippen molar-refractivity contribution in [2.45, 2.75) is 19.4 Å². The molecule has 1 aromatic heterocycles. The van der Waals surface area contributed by atoms with E-state index in [9.17, 15) is 9.18 Å². The number of ether oxygens (including phenoxy) is 2. The molecular weight excluding hydrogens is 347 g/mol. The number of benzene rings is 2. The lowest BCUT2D eigenvalue weighted by Gasteiger charge is -2.21. The Balaban J connectivity index is 1.40. The molecule has 1 amide bonds. The zero-order chi connectivity index (χ0) is 18.8. The zero-order valence-electron chi connectivity index (χ0n) is 15.1. The number of hydrogen-bond donors (Lipinski definition) is 1. The van der Waals surface area contributed by atoms with Crippen LogP contribution in [0.25, 0.3) is 10.9 Å². The van der Waals surface area contributed by atoms with E-state index in [4.69, 9.17) is 9.47 Å². The summed E-state index contributed by atoms with van der Waals surface area (Å²) in [4.78, 5) is 12.4. The monoisotopic (exact) mass is 368 g/mol. The highest BCUT2D eigenvalue weighted by Crippen LogP contribution is 2.29. The van der Waals surface area contributed by atoms with Crippen LogP contribution in [-0.2, 0) is 36.0 Å². The van der Waals surface area contributed by atoms with Gasteiger partial charge in [0, 0.05) is 36.3 Å². The van der Waals surface area contributed by atoms with Crippen LogP contribution in [0.15, 0.2) is 42.6 Å². The van der Waals surface area contributed by atoms with E-state index in [2.05, 4.69) is 5.32 Å². The lowest BCUT2D eigenvalue weighted by Crippen LogP contribution is -2.27. The molecule has 0 radical (unpaired) electrons. The maximum atomic E-state index is 13.8. The molecule has 0 saturated carbocycles. The second-order valence-corrected chi connectivity index (χ2v) is 6.72. The first-order valence-electron chi connectivity index (χ1n) is 8.93. The average molecular weight is 368 g/mol. The molecule has 0 spiro atoms. The third kappa shape index (κ3) is 3.66. The quantitative estimate of drug-likeness (QED) is 0.753. The van der Waals surface area contributed by atoms with E-state index in [0.717, 1.165) is 22.0 Å². The fourth-order valence-electron chi connectivity index (χ4n) is 3.58. The van der Waals surface area contributed by atoms with Gasteiger partial charge in [0.15, 0.2) is 6.79 Å². The van der Waals surface area contributed by atoms with Gasteiger partial charge in [-0.1, -0.05) is 18.2 Å². The van der Waals surface area contributed by atoms with Crippen LogP contribution in [0.4, 0.5) is 4.39 Å². The van der Waals surface area contributed by atoms with Crippen molar-refractivity contribution in [2.24, 2.45) is 7.05 Å². The largest absolute Gasteiger partial charge is 0.467 e. The molecule has 5 nitrogen and oxygen atoms in total. The van der Waals surface area contributed by atoms with Crippen molar-refractivity contribution in [3.8, 4) is 5.75 Å². The lowest BCUT2D eigenvalue weighted by molar-refractivity contribution is -0.120. The second kappa shape index (κ2) is 7.40. The molecule has 27 heavy (non-hydrogen) atoms. The summed E-state index contributed by atoms with van der Waals surface area (Å²) >= 11 is 0. The molecule has 0 bridgehead atoms. The lowest BCUT2D eigenvalue weighted by atomic mass is 10.1. The highest BCUT2D eigenvalue weighted by atomic mass is 19.1. The van der Waals surface area contributed by atoms with Crippen LogP contribution in [0.2, 0.25) is 0 Å². The van der Waals surface area contributed by atoms with Crippen LogP contribution in [0.5, 0.6) is 5.75 Å². The topological polar surface area (TPSA) is 52.5 Å². The normalized spacial score (nSPS) is 13.3. The summed E-state index contributed by atoms with van der Waals surface area (Å²) in [5.41, 5.74) is 3.55. The van der Waals surface area contributed by atoms with Crippen molar-refractivity contribution < 1.29 is 18.7 Å². The van der Waals surface area contributed by atoms with Crippen molar-refractivity contribution in [3.63, 3.8) is 0 Å². The first-order chi connectivity index (χ1) is 13.1. The summed E-state index contributed by atoms with van der Waals surface area (Å²) in [6.45, 7) is 0.927. The van der Waals surface area contributed by atoms with E-state index in [1.807, 2.05) is 42.1 Å². The summed E-state index contributed by atoms with van der Waals surface area (Å²) in [6, 6.07) is 10.9. The first-order valence-corrected chi connectivity index (χ1v) is 8.93. The predicted octanol–water partition coefficient (Wildman–Crippen LogP) is 3.09. The molecule has 0 aliphatic carbocycles. The molecule has 2 aromatic carbocycles. The summed E-state index contributed by atoms with van der Waals surface area (Å²) < 4.78 is 26.5.